The molecular weight excluding hydrogens is 401 g/mol. The lowest BCUT2D eigenvalue weighted by atomic mass is 9.87. The van der Waals surface area contributed by atoms with Gasteiger partial charge in [-0.2, -0.15) is 13.2 Å². The SMILES string of the molecule is CC(C)c1cc(C2CCc3cc(O)cc(C(F)(F)F)c32)ccc1OCc1ccccc1. The molecule has 1 atom stereocenters. The highest BCUT2D eigenvalue weighted by Crippen LogP contribution is 2.47. The summed E-state index contributed by atoms with van der Waals surface area (Å²) in [6.45, 7) is 4.54. The van der Waals surface area contributed by atoms with Gasteiger partial charge in [-0.15, -0.1) is 0 Å². The molecule has 1 N–H and O–H groups in total. The van der Waals surface area contributed by atoms with E-state index in [1.54, 1.807) is 0 Å². The number of alkyl halides is 3. The standard InChI is InChI=1S/C26H25F3O2/c1-16(2)22-13-18(9-11-24(22)31-15-17-6-4-3-5-7-17)21-10-8-19-12-20(30)14-23(25(19)21)26(27,28)29/h3-7,9,11-14,16,21,30H,8,10,15H2,1-2H3. The van der Waals surface area contributed by atoms with Gasteiger partial charge in [0.25, 0.3) is 0 Å². The number of phenols is 1. The van der Waals surface area contributed by atoms with Crippen molar-refractivity contribution in [3.63, 3.8) is 0 Å². The quantitative estimate of drug-likeness (QED) is 0.468. The number of phenolic OH excluding ortho intramolecular Hbond substituents is 1. The second-order valence-electron chi connectivity index (χ2n) is 8.38. The van der Waals surface area contributed by atoms with E-state index < -0.39 is 11.7 Å². The van der Waals surface area contributed by atoms with Crippen LogP contribution < -0.4 is 4.74 Å². The molecule has 0 amide bonds. The van der Waals surface area contributed by atoms with Crippen molar-refractivity contribution >= 4 is 0 Å². The molecule has 1 aliphatic rings. The van der Waals surface area contributed by atoms with Crippen LogP contribution in [-0.2, 0) is 19.2 Å². The van der Waals surface area contributed by atoms with Gasteiger partial charge in [0.1, 0.15) is 18.1 Å². The van der Waals surface area contributed by atoms with Crippen molar-refractivity contribution in [3.8, 4) is 11.5 Å². The van der Waals surface area contributed by atoms with E-state index in [0.29, 0.717) is 25.0 Å². The normalized spacial score (nSPS) is 15.9. The van der Waals surface area contributed by atoms with Crippen molar-refractivity contribution in [1.82, 2.24) is 0 Å². The van der Waals surface area contributed by atoms with Gasteiger partial charge in [-0.1, -0.05) is 56.3 Å². The van der Waals surface area contributed by atoms with Crippen LogP contribution in [0.1, 0.15) is 65.5 Å². The number of ether oxygens (including phenoxy) is 1. The molecule has 0 aliphatic heterocycles. The first-order chi connectivity index (χ1) is 14.7. The van der Waals surface area contributed by atoms with Crippen LogP contribution >= 0.6 is 0 Å². The molecule has 1 aliphatic carbocycles. The molecule has 1 unspecified atom stereocenters. The third-order valence-electron chi connectivity index (χ3n) is 5.90. The number of rotatable bonds is 5. The predicted molar refractivity (Wildman–Crippen MR) is 115 cm³/mol. The fraction of sp³-hybridized carbons (Fsp3) is 0.308. The Morgan fingerprint density at radius 3 is 2.45 bits per heavy atom. The highest BCUT2D eigenvalue weighted by atomic mass is 19.4. The van der Waals surface area contributed by atoms with Gasteiger partial charge >= 0.3 is 6.18 Å². The lowest BCUT2D eigenvalue weighted by molar-refractivity contribution is -0.138. The van der Waals surface area contributed by atoms with Crippen molar-refractivity contribution in [2.24, 2.45) is 0 Å². The van der Waals surface area contributed by atoms with Crippen molar-refractivity contribution in [1.29, 1.82) is 0 Å². The minimum Gasteiger partial charge on any atom is -0.508 e. The van der Waals surface area contributed by atoms with Crippen molar-refractivity contribution in [2.45, 2.75) is 51.3 Å². The molecule has 2 nitrogen and oxygen atoms in total. The van der Waals surface area contributed by atoms with E-state index in [0.717, 1.165) is 28.5 Å². The Bertz CT molecular complexity index is 1070. The third-order valence-corrected chi connectivity index (χ3v) is 5.90. The molecule has 162 valence electrons. The molecule has 0 saturated carbocycles. The molecule has 0 bridgehead atoms. The second-order valence-corrected chi connectivity index (χ2v) is 8.38. The summed E-state index contributed by atoms with van der Waals surface area (Å²) in [4.78, 5) is 0. The van der Waals surface area contributed by atoms with E-state index in [1.807, 2.05) is 48.5 Å². The molecule has 3 aromatic rings. The van der Waals surface area contributed by atoms with Crippen molar-refractivity contribution in [2.75, 3.05) is 0 Å². The van der Waals surface area contributed by atoms with Crippen LogP contribution in [0.25, 0.3) is 0 Å². The summed E-state index contributed by atoms with van der Waals surface area (Å²) < 4.78 is 47.2. The number of halogens is 3. The predicted octanol–water partition coefficient (Wildman–Crippen LogP) is 7.19. The van der Waals surface area contributed by atoms with E-state index >= 15 is 0 Å². The first-order valence-electron chi connectivity index (χ1n) is 10.5. The number of aromatic hydroxyl groups is 1. The number of benzene rings is 3. The maximum Gasteiger partial charge on any atom is 0.416 e. The molecule has 5 heteroatoms. The summed E-state index contributed by atoms with van der Waals surface area (Å²) in [6, 6.07) is 17.9. The average molecular weight is 426 g/mol. The number of hydrogen-bond acceptors (Lipinski definition) is 2. The Morgan fingerprint density at radius 1 is 1.03 bits per heavy atom. The minimum atomic E-state index is -4.51. The zero-order chi connectivity index (χ0) is 22.2. The Balaban J connectivity index is 1.69. The molecule has 0 heterocycles. The molecule has 0 saturated heterocycles. The second kappa shape index (κ2) is 8.29. The van der Waals surface area contributed by atoms with Gasteiger partial charge in [-0.05, 0) is 64.8 Å². The maximum absolute atomic E-state index is 13.7. The Labute approximate surface area is 180 Å². The third kappa shape index (κ3) is 4.41. The molecule has 31 heavy (non-hydrogen) atoms. The lowest BCUT2D eigenvalue weighted by Crippen LogP contribution is -2.12. The number of hydrogen-bond donors (Lipinski definition) is 1. The molecule has 4 rings (SSSR count). The van der Waals surface area contributed by atoms with Crippen LogP contribution in [0.2, 0.25) is 0 Å². The highest BCUT2D eigenvalue weighted by Gasteiger charge is 2.39. The maximum atomic E-state index is 13.7. The van der Waals surface area contributed by atoms with Gasteiger partial charge in [-0.25, -0.2) is 0 Å². The van der Waals surface area contributed by atoms with E-state index in [9.17, 15) is 18.3 Å². The molecule has 0 radical (unpaired) electrons. The summed E-state index contributed by atoms with van der Waals surface area (Å²) in [5.41, 5.74) is 3.02. The summed E-state index contributed by atoms with van der Waals surface area (Å²) in [6.07, 6.45) is -3.41. The van der Waals surface area contributed by atoms with Crippen LogP contribution in [0.15, 0.2) is 60.7 Å². The van der Waals surface area contributed by atoms with Crippen molar-refractivity contribution in [3.05, 3.63) is 94.0 Å². The fourth-order valence-corrected chi connectivity index (χ4v) is 4.43. The molecule has 3 aromatic carbocycles. The summed E-state index contributed by atoms with van der Waals surface area (Å²) in [5.74, 6) is 0.225. The van der Waals surface area contributed by atoms with Gasteiger partial charge in [0.2, 0.25) is 0 Å². The minimum absolute atomic E-state index is 0.161. The fourth-order valence-electron chi connectivity index (χ4n) is 4.43. The largest absolute Gasteiger partial charge is 0.508 e. The number of fused-ring (bicyclic) bond motifs is 1. The van der Waals surface area contributed by atoms with Crippen molar-refractivity contribution < 1.29 is 23.0 Å². The monoisotopic (exact) mass is 426 g/mol. The molecule has 0 spiro atoms. The van der Waals surface area contributed by atoms with Crippen LogP contribution in [0.5, 0.6) is 11.5 Å². The van der Waals surface area contributed by atoms with E-state index in [2.05, 4.69) is 13.8 Å². The van der Waals surface area contributed by atoms with Gasteiger partial charge in [0, 0.05) is 5.92 Å². The topological polar surface area (TPSA) is 29.5 Å². The number of aryl methyl sites for hydroxylation is 1. The van der Waals surface area contributed by atoms with Crippen LogP contribution in [0, 0.1) is 0 Å². The van der Waals surface area contributed by atoms with Gasteiger partial charge in [0.05, 0.1) is 5.56 Å². The van der Waals surface area contributed by atoms with Gasteiger partial charge in [-0.3, -0.25) is 0 Å². The summed E-state index contributed by atoms with van der Waals surface area (Å²) in [7, 11) is 0. The van der Waals surface area contributed by atoms with Crippen LogP contribution in [0.3, 0.4) is 0 Å². The Kier molecular flexibility index (Phi) is 5.69. The smallest absolute Gasteiger partial charge is 0.416 e. The molecule has 0 fully saturated rings. The highest BCUT2D eigenvalue weighted by molar-refractivity contribution is 5.53. The Morgan fingerprint density at radius 2 is 1.77 bits per heavy atom. The van der Waals surface area contributed by atoms with Crippen LogP contribution in [0.4, 0.5) is 13.2 Å². The zero-order valence-electron chi connectivity index (χ0n) is 17.5. The average Bonchev–Trinajstić information content (AvgIpc) is 3.15. The summed E-state index contributed by atoms with van der Waals surface area (Å²) in [5, 5.41) is 9.79. The van der Waals surface area contributed by atoms with Crippen LogP contribution in [-0.4, -0.2) is 5.11 Å². The molecule has 0 aromatic heterocycles. The van der Waals surface area contributed by atoms with E-state index in [1.165, 1.54) is 6.07 Å². The Hall–Kier alpha value is -2.95. The first-order valence-corrected chi connectivity index (χ1v) is 10.5. The van der Waals surface area contributed by atoms with E-state index in [4.69, 9.17) is 4.74 Å². The lowest BCUT2D eigenvalue weighted by Gasteiger charge is -2.21. The first kappa shape index (κ1) is 21.3. The zero-order valence-corrected chi connectivity index (χ0v) is 17.5. The van der Waals surface area contributed by atoms with Gasteiger partial charge < -0.3 is 9.84 Å². The molecular formula is C26H25F3O2. The van der Waals surface area contributed by atoms with Gasteiger partial charge in [0.15, 0.2) is 0 Å². The van der Waals surface area contributed by atoms with E-state index in [-0.39, 0.29) is 23.1 Å². The summed E-state index contributed by atoms with van der Waals surface area (Å²) >= 11 is 0.